The van der Waals surface area contributed by atoms with E-state index in [1.165, 1.54) is 24.3 Å². The molecule has 1 heterocycles. The van der Waals surface area contributed by atoms with Crippen molar-refractivity contribution in [2.75, 3.05) is 0 Å². The van der Waals surface area contributed by atoms with Gasteiger partial charge in [0.25, 0.3) is 0 Å². The summed E-state index contributed by atoms with van der Waals surface area (Å²) >= 11 is 0. The molecule has 0 aliphatic heterocycles. The normalized spacial score (nSPS) is 12.5. The molecule has 0 aliphatic carbocycles. The van der Waals surface area contributed by atoms with Crippen molar-refractivity contribution in [3.63, 3.8) is 0 Å². The summed E-state index contributed by atoms with van der Waals surface area (Å²) in [6.45, 7) is 0. The number of hydrogen-bond donors (Lipinski definition) is 0. The van der Waals surface area contributed by atoms with Crippen LogP contribution < -0.4 is 0 Å². The summed E-state index contributed by atoms with van der Waals surface area (Å²) in [6, 6.07) is 46.3. The topological polar surface area (TPSA) is 13.1 Å². The van der Waals surface area contributed by atoms with E-state index in [2.05, 4.69) is 6.07 Å². The molecule has 0 fully saturated rings. The smallest absolute Gasteiger partial charge is 0.417 e. The van der Waals surface area contributed by atoms with E-state index in [-0.39, 0.29) is 10.8 Å². The highest BCUT2D eigenvalue weighted by molar-refractivity contribution is 6.22. The van der Waals surface area contributed by atoms with E-state index in [1.807, 2.05) is 78.9 Å². The Hall–Kier alpha value is -6.60. The van der Waals surface area contributed by atoms with Crippen molar-refractivity contribution >= 4 is 65.0 Å². The van der Waals surface area contributed by atoms with Gasteiger partial charge in [-0.05, 0) is 113 Å². The minimum atomic E-state index is -4.54. The van der Waals surface area contributed by atoms with E-state index < -0.39 is 23.5 Å². The van der Waals surface area contributed by atoms with Gasteiger partial charge in [-0.1, -0.05) is 121 Å². The lowest BCUT2D eigenvalue weighted by atomic mass is 9.85. The van der Waals surface area contributed by atoms with Gasteiger partial charge in [-0.15, -0.1) is 0 Å². The third-order valence-electron chi connectivity index (χ3n) is 10.7. The van der Waals surface area contributed by atoms with Gasteiger partial charge in [-0.25, -0.2) is 0 Å². The number of rotatable bonds is 3. The highest BCUT2D eigenvalue weighted by Crippen LogP contribution is 2.48. The van der Waals surface area contributed by atoms with Crippen LogP contribution in [0.4, 0.5) is 26.3 Å². The van der Waals surface area contributed by atoms with Crippen molar-refractivity contribution in [1.82, 2.24) is 0 Å². The minimum absolute atomic E-state index is 0.141. The lowest BCUT2D eigenvalue weighted by Crippen LogP contribution is -2.07. The maximum absolute atomic E-state index is 14.5. The van der Waals surface area contributed by atoms with Gasteiger partial charge in [-0.2, -0.15) is 26.3 Å². The van der Waals surface area contributed by atoms with Crippen LogP contribution in [0.3, 0.4) is 0 Å². The molecule has 1 nitrogen and oxygen atoms in total. The molecule has 0 unspecified atom stereocenters. The number of hydrogen-bond acceptors (Lipinski definition) is 1. The second-order valence-corrected chi connectivity index (χ2v) is 13.8. The molecular weight excluding hydrogens is 707 g/mol. The van der Waals surface area contributed by atoms with Gasteiger partial charge < -0.3 is 4.42 Å². The molecular formula is C48H26F6O. The zero-order chi connectivity index (χ0) is 37.6. The van der Waals surface area contributed by atoms with Gasteiger partial charge in [0.1, 0.15) is 11.2 Å². The number of halogens is 6. The zero-order valence-electron chi connectivity index (χ0n) is 28.7. The van der Waals surface area contributed by atoms with Crippen molar-refractivity contribution in [3.05, 3.63) is 169 Å². The second kappa shape index (κ2) is 12.0. The van der Waals surface area contributed by atoms with E-state index in [1.54, 1.807) is 36.4 Å². The monoisotopic (exact) mass is 732 g/mol. The lowest BCUT2D eigenvalue weighted by Gasteiger charge is -2.18. The van der Waals surface area contributed by atoms with E-state index >= 15 is 0 Å². The van der Waals surface area contributed by atoms with E-state index in [9.17, 15) is 26.3 Å². The molecule has 9 aromatic carbocycles. The molecule has 10 rings (SSSR count). The Morgan fingerprint density at radius 1 is 0.309 bits per heavy atom. The predicted octanol–water partition coefficient (Wildman–Crippen LogP) is 15.2. The molecule has 0 saturated heterocycles. The Bertz CT molecular complexity index is 3050. The molecule has 0 amide bonds. The van der Waals surface area contributed by atoms with Gasteiger partial charge in [0.15, 0.2) is 0 Å². The summed E-state index contributed by atoms with van der Waals surface area (Å²) < 4.78 is 90.4. The van der Waals surface area contributed by atoms with Crippen molar-refractivity contribution in [2.45, 2.75) is 12.4 Å². The molecule has 266 valence electrons. The maximum atomic E-state index is 14.5. The fourth-order valence-electron chi connectivity index (χ4n) is 8.41. The number of fused-ring (bicyclic) bond motifs is 7. The van der Waals surface area contributed by atoms with Gasteiger partial charge in [0.2, 0.25) is 0 Å². The van der Waals surface area contributed by atoms with Crippen LogP contribution in [0.5, 0.6) is 0 Å². The Morgan fingerprint density at radius 2 is 0.709 bits per heavy atom. The van der Waals surface area contributed by atoms with Gasteiger partial charge in [0.05, 0.1) is 11.1 Å². The standard InChI is InChI=1S/C48H26F6O/c49-47(50,51)30-21-17-27(18-22-30)43-32-9-1-3-11-34(32)44(35-12-4-2-10-33(35)43)28-20-24-41-40(25-28)31-23-19-29(26-42(31)55-41)45-36-13-5-7-15-38(36)46(48(52,53)54)39-16-8-6-14-37(39)45/h1-26H. The lowest BCUT2D eigenvalue weighted by molar-refractivity contribution is -0.137. The Kier molecular flexibility index (Phi) is 7.17. The molecule has 10 aromatic rings. The van der Waals surface area contributed by atoms with Crippen LogP contribution in [0, 0.1) is 0 Å². The summed E-state index contributed by atoms with van der Waals surface area (Å²) in [5.74, 6) is 0. The highest BCUT2D eigenvalue weighted by Gasteiger charge is 2.36. The summed E-state index contributed by atoms with van der Waals surface area (Å²) in [6.07, 6.45) is -8.98. The predicted molar refractivity (Wildman–Crippen MR) is 210 cm³/mol. The third-order valence-corrected chi connectivity index (χ3v) is 10.7. The zero-order valence-corrected chi connectivity index (χ0v) is 28.7. The van der Waals surface area contributed by atoms with Gasteiger partial charge in [0, 0.05) is 10.8 Å². The molecule has 0 radical (unpaired) electrons. The Balaban J connectivity index is 1.17. The van der Waals surface area contributed by atoms with Crippen LogP contribution in [0.2, 0.25) is 0 Å². The minimum Gasteiger partial charge on any atom is -0.456 e. The molecule has 0 saturated carbocycles. The second-order valence-electron chi connectivity index (χ2n) is 13.8. The van der Waals surface area contributed by atoms with Crippen LogP contribution in [-0.2, 0) is 12.4 Å². The summed E-state index contributed by atoms with van der Waals surface area (Å²) in [5, 5.41) is 6.75. The Morgan fingerprint density at radius 3 is 1.18 bits per heavy atom. The molecule has 55 heavy (non-hydrogen) atoms. The average molecular weight is 733 g/mol. The highest BCUT2D eigenvalue weighted by atomic mass is 19.4. The fraction of sp³-hybridized carbons (Fsp3) is 0.0417. The van der Waals surface area contributed by atoms with Gasteiger partial charge in [-0.3, -0.25) is 0 Å². The number of alkyl halides is 6. The van der Waals surface area contributed by atoms with Crippen LogP contribution in [-0.4, -0.2) is 0 Å². The third kappa shape index (κ3) is 5.18. The average Bonchev–Trinajstić information content (AvgIpc) is 3.55. The first-order valence-electron chi connectivity index (χ1n) is 17.6. The van der Waals surface area contributed by atoms with Crippen molar-refractivity contribution in [2.24, 2.45) is 0 Å². The first-order valence-corrected chi connectivity index (χ1v) is 17.6. The quantitative estimate of drug-likeness (QED) is 0.130. The molecule has 0 spiro atoms. The molecule has 0 N–H and O–H groups in total. The SMILES string of the molecule is FC(F)(F)c1ccc(-c2c3ccccc3c(-c3ccc4oc5cc(-c6c7ccccc7c(C(F)(F)F)c7ccccc67)ccc5c4c3)c3ccccc23)cc1. The van der Waals surface area contributed by atoms with Crippen molar-refractivity contribution < 1.29 is 30.8 Å². The van der Waals surface area contributed by atoms with Crippen LogP contribution in [0.15, 0.2) is 162 Å². The summed E-state index contributed by atoms with van der Waals surface area (Å²) in [5.41, 5.74) is 4.82. The molecule has 7 heteroatoms. The van der Waals surface area contributed by atoms with Gasteiger partial charge >= 0.3 is 12.4 Å². The van der Waals surface area contributed by atoms with Crippen molar-refractivity contribution in [1.29, 1.82) is 0 Å². The summed E-state index contributed by atoms with van der Waals surface area (Å²) in [7, 11) is 0. The molecule has 0 aliphatic rings. The first kappa shape index (κ1) is 33.0. The summed E-state index contributed by atoms with van der Waals surface area (Å²) in [4.78, 5) is 0. The van der Waals surface area contributed by atoms with Crippen LogP contribution in [0.25, 0.3) is 98.4 Å². The Labute approximate surface area is 309 Å². The molecule has 0 bridgehead atoms. The number of furan rings is 1. The largest absolute Gasteiger partial charge is 0.456 e. The molecule has 0 atom stereocenters. The maximum Gasteiger partial charge on any atom is 0.417 e. The van der Waals surface area contributed by atoms with E-state index in [0.717, 1.165) is 66.7 Å². The van der Waals surface area contributed by atoms with E-state index in [4.69, 9.17) is 4.42 Å². The fourth-order valence-corrected chi connectivity index (χ4v) is 8.41. The number of benzene rings is 9. The van der Waals surface area contributed by atoms with Crippen molar-refractivity contribution in [3.8, 4) is 33.4 Å². The van der Waals surface area contributed by atoms with Crippen LogP contribution in [0.1, 0.15) is 11.1 Å². The molecule has 1 aromatic heterocycles. The van der Waals surface area contributed by atoms with Crippen LogP contribution >= 0.6 is 0 Å². The first-order chi connectivity index (χ1) is 26.6. The van der Waals surface area contributed by atoms with E-state index in [0.29, 0.717) is 33.1 Å².